The first-order valence-electron chi connectivity index (χ1n) is 7.10. The molecular formula is C13H21N5O3. The highest BCUT2D eigenvalue weighted by molar-refractivity contribution is 5.76. The standard InChI is InChI=1S/C13H21N5O3/c1-9-8-14-5-7-16(9)12(19)4-6-17-11(3)13(18(20)21)10(2)15-17/h9,14H,4-8H2,1-3H3/t9-/m0/s1. The van der Waals surface area contributed by atoms with Gasteiger partial charge in [-0.1, -0.05) is 0 Å². The summed E-state index contributed by atoms with van der Waals surface area (Å²) in [5.41, 5.74) is 0.928. The maximum atomic E-state index is 12.2. The van der Waals surface area contributed by atoms with Crippen LogP contribution < -0.4 is 5.32 Å². The van der Waals surface area contributed by atoms with Gasteiger partial charge in [-0.05, 0) is 20.8 Å². The summed E-state index contributed by atoms with van der Waals surface area (Å²) < 4.78 is 1.55. The molecule has 0 saturated carbocycles. The maximum Gasteiger partial charge on any atom is 0.312 e. The number of nitrogens with one attached hydrogen (secondary N) is 1. The second-order valence-electron chi connectivity index (χ2n) is 5.39. The molecule has 1 aliphatic rings. The molecule has 0 bridgehead atoms. The summed E-state index contributed by atoms with van der Waals surface area (Å²) in [5, 5.41) is 18.4. The normalized spacial score (nSPS) is 18.8. The number of hydrogen-bond donors (Lipinski definition) is 1. The molecule has 1 atom stereocenters. The third-order valence-electron chi connectivity index (χ3n) is 3.88. The molecule has 0 spiro atoms. The molecule has 0 aliphatic carbocycles. The van der Waals surface area contributed by atoms with Crippen LogP contribution in [0.4, 0.5) is 5.69 Å². The second-order valence-corrected chi connectivity index (χ2v) is 5.39. The number of nitro groups is 1. The van der Waals surface area contributed by atoms with E-state index in [1.165, 1.54) is 0 Å². The van der Waals surface area contributed by atoms with Crippen molar-refractivity contribution >= 4 is 11.6 Å². The van der Waals surface area contributed by atoms with Gasteiger partial charge in [0.15, 0.2) is 0 Å². The van der Waals surface area contributed by atoms with Crippen molar-refractivity contribution in [2.45, 2.75) is 39.8 Å². The molecule has 116 valence electrons. The van der Waals surface area contributed by atoms with E-state index in [-0.39, 0.29) is 17.6 Å². The van der Waals surface area contributed by atoms with Crippen molar-refractivity contribution in [2.75, 3.05) is 19.6 Å². The highest BCUT2D eigenvalue weighted by Gasteiger charge is 2.25. The van der Waals surface area contributed by atoms with Crippen molar-refractivity contribution in [3.8, 4) is 0 Å². The zero-order valence-electron chi connectivity index (χ0n) is 12.6. The average Bonchev–Trinajstić information content (AvgIpc) is 2.71. The minimum absolute atomic E-state index is 0.0398. The second kappa shape index (κ2) is 6.21. The molecule has 2 heterocycles. The van der Waals surface area contributed by atoms with Gasteiger partial charge in [-0.25, -0.2) is 0 Å². The van der Waals surface area contributed by atoms with E-state index in [0.29, 0.717) is 30.9 Å². The van der Waals surface area contributed by atoms with Crippen LogP contribution in [-0.4, -0.2) is 51.2 Å². The molecule has 21 heavy (non-hydrogen) atoms. The van der Waals surface area contributed by atoms with Crippen LogP contribution in [0.2, 0.25) is 0 Å². The van der Waals surface area contributed by atoms with E-state index < -0.39 is 4.92 Å². The van der Waals surface area contributed by atoms with Crippen molar-refractivity contribution < 1.29 is 9.72 Å². The fraction of sp³-hybridized carbons (Fsp3) is 0.692. The van der Waals surface area contributed by atoms with Crippen LogP contribution >= 0.6 is 0 Å². The third-order valence-corrected chi connectivity index (χ3v) is 3.88. The Morgan fingerprint density at radius 3 is 2.81 bits per heavy atom. The fourth-order valence-corrected chi connectivity index (χ4v) is 2.73. The Bertz CT molecular complexity index is 554. The Morgan fingerprint density at radius 1 is 1.52 bits per heavy atom. The predicted molar refractivity (Wildman–Crippen MR) is 77.0 cm³/mol. The number of amides is 1. The number of carbonyl (C=O) groups excluding carboxylic acids is 1. The van der Waals surface area contributed by atoms with Gasteiger partial charge in [0.2, 0.25) is 5.91 Å². The lowest BCUT2D eigenvalue weighted by atomic mass is 10.2. The molecule has 0 aromatic carbocycles. The highest BCUT2D eigenvalue weighted by atomic mass is 16.6. The molecule has 1 amide bonds. The lowest BCUT2D eigenvalue weighted by Crippen LogP contribution is -2.52. The monoisotopic (exact) mass is 295 g/mol. The van der Waals surface area contributed by atoms with Crippen LogP contribution in [0, 0.1) is 24.0 Å². The number of rotatable bonds is 4. The van der Waals surface area contributed by atoms with Crippen LogP contribution in [-0.2, 0) is 11.3 Å². The summed E-state index contributed by atoms with van der Waals surface area (Å²) in [6.45, 7) is 7.97. The first-order valence-corrected chi connectivity index (χ1v) is 7.10. The minimum Gasteiger partial charge on any atom is -0.337 e. The van der Waals surface area contributed by atoms with E-state index in [1.54, 1.807) is 18.5 Å². The predicted octanol–water partition coefficient (Wildman–Crippen LogP) is 0.619. The van der Waals surface area contributed by atoms with Gasteiger partial charge >= 0.3 is 5.69 Å². The zero-order valence-corrected chi connectivity index (χ0v) is 12.6. The van der Waals surface area contributed by atoms with Gasteiger partial charge in [0, 0.05) is 32.1 Å². The summed E-state index contributed by atoms with van der Waals surface area (Å²) in [7, 11) is 0. The van der Waals surface area contributed by atoms with E-state index >= 15 is 0 Å². The van der Waals surface area contributed by atoms with Crippen LogP contribution in [0.25, 0.3) is 0 Å². The van der Waals surface area contributed by atoms with Gasteiger partial charge in [-0.2, -0.15) is 5.10 Å². The Balaban J connectivity index is 2.01. The number of aromatic nitrogens is 2. The van der Waals surface area contributed by atoms with Gasteiger partial charge in [-0.15, -0.1) is 0 Å². The quantitative estimate of drug-likeness (QED) is 0.649. The fourth-order valence-electron chi connectivity index (χ4n) is 2.73. The highest BCUT2D eigenvalue weighted by Crippen LogP contribution is 2.22. The van der Waals surface area contributed by atoms with Crippen LogP contribution in [0.15, 0.2) is 0 Å². The third kappa shape index (κ3) is 3.21. The maximum absolute atomic E-state index is 12.2. The molecule has 1 aromatic heterocycles. The summed E-state index contributed by atoms with van der Waals surface area (Å²) >= 11 is 0. The van der Waals surface area contributed by atoms with Crippen LogP contribution in [0.3, 0.4) is 0 Å². The first-order chi connectivity index (χ1) is 9.91. The number of nitrogens with zero attached hydrogens (tertiary/aromatic N) is 4. The van der Waals surface area contributed by atoms with E-state index in [4.69, 9.17) is 0 Å². The number of aryl methyl sites for hydroxylation is 2. The topological polar surface area (TPSA) is 93.3 Å². The SMILES string of the molecule is Cc1nn(CCC(=O)N2CCNC[C@@H]2C)c(C)c1[N+](=O)[O-]. The summed E-state index contributed by atoms with van der Waals surface area (Å²) in [6, 6.07) is 0.182. The van der Waals surface area contributed by atoms with Crippen molar-refractivity contribution in [2.24, 2.45) is 0 Å². The van der Waals surface area contributed by atoms with Gasteiger partial charge in [0.1, 0.15) is 11.4 Å². The van der Waals surface area contributed by atoms with E-state index in [1.807, 2.05) is 11.8 Å². The number of hydrogen-bond acceptors (Lipinski definition) is 5. The van der Waals surface area contributed by atoms with Gasteiger partial charge in [0.25, 0.3) is 0 Å². The van der Waals surface area contributed by atoms with E-state index in [0.717, 1.165) is 13.1 Å². The molecule has 2 rings (SSSR count). The van der Waals surface area contributed by atoms with Gasteiger partial charge < -0.3 is 10.2 Å². The Hall–Kier alpha value is -1.96. The molecule has 8 heteroatoms. The molecule has 1 N–H and O–H groups in total. The lowest BCUT2D eigenvalue weighted by molar-refractivity contribution is -0.386. The zero-order chi connectivity index (χ0) is 15.6. The first kappa shape index (κ1) is 15.4. The van der Waals surface area contributed by atoms with Crippen molar-refractivity contribution in [3.05, 3.63) is 21.5 Å². The molecule has 8 nitrogen and oxygen atoms in total. The van der Waals surface area contributed by atoms with Gasteiger partial charge in [-0.3, -0.25) is 19.6 Å². The number of piperazine rings is 1. The van der Waals surface area contributed by atoms with E-state index in [2.05, 4.69) is 10.4 Å². The Morgan fingerprint density at radius 2 is 2.24 bits per heavy atom. The molecule has 1 saturated heterocycles. The molecule has 1 aromatic rings. The van der Waals surface area contributed by atoms with Crippen molar-refractivity contribution in [3.63, 3.8) is 0 Å². The Kier molecular flexibility index (Phi) is 4.56. The van der Waals surface area contributed by atoms with Crippen molar-refractivity contribution in [1.82, 2.24) is 20.0 Å². The largest absolute Gasteiger partial charge is 0.337 e. The van der Waals surface area contributed by atoms with Crippen LogP contribution in [0.5, 0.6) is 0 Å². The molecule has 1 fully saturated rings. The Labute approximate surface area is 123 Å². The van der Waals surface area contributed by atoms with Crippen LogP contribution in [0.1, 0.15) is 24.7 Å². The van der Waals surface area contributed by atoms with E-state index in [9.17, 15) is 14.9 Å². The summed E-state index contributed by atoms with van der Waals surface area (Å²) in [5.74, 6) is 0.0687. The van der Waals surface area contributed by atoms with Gasteiger partial charge in [0.05, 0.1) is 11.5 Å². The molecular weight excluding hydrogens is 274 g/mol. The minimum atomic E-state index is -0.422. The summed E-state index contributed by atoms with van der Waals surface area (Å²) in [6.07, 6.45) is 0.309. The average molecular weight is 295 g/mol. The summed E-state index contributed by atoms with van der Waals surface area (Å²) in [4.78, 5) is 24.6. The number of carbonyl (C=O) groups is 1. The van der Waals surface area contributed by atoms with Crippen molar-refractivity contribution in [1.29, 1.82) is 0 Å². The molecule has 1 aliphatic heterocycles. The molecule has 0 unspecified atom stereocenters. The lowest BCUT2D eigenvalue weighted by Gasteiger charge is -2.34. The smallest absolute Gasteiger partial charge is 0.312 e. The molecule has 0 radical (unpaired) electrons.